The number of aryl methyl sites for hydroxylation is 1. The van der Waals surface area contributed by atoms with Crippen LogP contribution in [0.4, 0.5) is 5.69 Å². The average molecular weight is 410 g/mol. The summed E-state index contributed by atoms with van der Waals surface area (Å²) >= 11 is 0. The summed E-state index contributed by atoms with van der Waals surface area (Å²) in [7, 11) is 3.21. The molecule has 4 rings (SSSR count). The van der Waals surface area contributed by atoms with Gasteiger partial charge < -0.3 is 14.4 Å². The van der Waals surface area contributed by atoms with Gasteiger partial charge in [0.2, 0.25) is 5.91 Å². The topological polar surface area (TPSA) is 38.8 Å². The maximum absolute atomic E-state index is 13.2. The fourth-order valence-electron chi connectivity index (χ4n) is 3.91. The maximum atomic E-state index is 13.2. The molecule has 154 valence electrons. The predicted octanol–water partition coefficient (Wildman–Crippen LogP) is 5.43. The molecule has 0 aliphatic carbocycles. The Kier molecular flexibility index (Phi) is 4.69. The third-order valence-electron chi connectivity index (χ3n) is 5.50. The van der Waals surface area contributed by atoms with Gasteiger partial charge in [0.25, 0.3) is 0 Å². The van der Waals surface area contributed by atoms with Crippen molar-refractivity contribution in [2.45, 2.75) is 25.3 Å². The molecule has 3 aromatic carbocycles. The highest BCUT2D eigenvalue weighted by Crippen LogP contribution is 2.46. The van der Waals surface area contributed by atoms with Gasteiger partial charge in [-0.15, -0.1) is 0 Å². The number of hydrogen-bond acceptors (Lipinski definition) is 3. The number of hydrogen-bond donors (Lipinski definition) is 0. The number of ether oxygens (including phenoxy) is 2. The van der Waals surface area contributed by atoms with Gasteiger partial charge in [-0.05, 0) is 66.8 Å². The van der Waals surface area contributed by atoms with Gasteiger partial charge >= 0.3 is 0 Å². The second kappa shape index (κ2) is 9.04. The Morgan fingerprint density at radius 3 is 2.10 bits per heavy atom. The van der Waals surface area contributed by atoms with Gasteiger partial charge in [-0.3, -0.25) is 4.79 Å². The molecule has 0 N–H and O–H groups in total. The molecule has 0 bridgehead atoms. The Morgan fingerprint density at radius 1 is 0.900 bits per heavy atom. The first-order valence-corrected chi connectivity index (χ1v) is 9.95. The summed E-state index contributed by atoms with van der Waals surface area (Å²) in [5.41, 5.74) is 2.31. The highest BCUT2D eigenvalue weighted by molar-refractivity contribution is 6.03. The van der Waals surface area contributed by atoms with Gasteiger partial charge in [0.15, 0.2) is 0 Å². The molecular weight excluding hydrogens is 374 g/mol. The van der Waals surface area contributed by atoms with E-state index < -0.39 is 6.40 Å². The first kappa shape index (κ1) is 15.6. The molecule has 0 radical (unpaired) electrons. The van der Waals surface area contributed by atoms with Gasteiger partial charge in [0.1, 0.15) is 11.5 Å². The minimum absolute atomic E-state index is 0.00190. The molecule has 1 saturated heterocycles. The van der Waals surface area contributed by atoms with E-state index in [0.29, 0.717) is 24.2 Å². The maximum Gasteiger partial charge on any atom is 0.233 e. The van der Waals surface area contributed by atoms with Crippen molar-refractivity contribution in [1.29, 1.82) is 0 Å². The van der Waals surface area contributed by atoms with E-state index in [1.807, 2.05) is 48.5 Å². The molecule has 30 heavy (non-hydrogen) atoms. The number of carbonyl (C=O) groups excluding carboxylic acids is 1. The second-order valence-electron chi connectivity index (χ2n) is 7.21. The van der Waals surface area contributed by atoms with E-state index in [9.17, 15) is 4.79 Å². The molecule has 3 aromatic rings. The van der Waals surface area contributed by atoms with E-state index in [1.165, 1.54) is 12.1 Å². The molecule has 1 unspecified atom stereocenters. The van der Waals surface area contributed by atoms with Crippen molar-refractivity contribution in [3.63, 3.8) is 0 Å². The van der Waals surface area contributed by atoms with E-state index >= 15 is 0 Å². The van der Waals surface area contributed by atoms with Crippen molar-refractivity contribution >= 4 is 11.6 Å². The van der Waals surface area contributed by atoms with Crippen molar-refractivity contribution in [3.05, 3.63) is 89.9 Å². The van der Waals surface area contributed by atoms with Crippen molar-refractivity contribution in [1.82, 2.24) is 0 Å². The second-order valence-corrected chi connectivity index (χ2v) is 7.21. The smallest absolute Gasteiger partial charge is 0.233 e. The van der Waals surface area contributed by atoms with Gasteiger partial charge in [0, 0.05) is 7.06 Å². The first-order chi connectivity index (χ1) is 16.3. The van der Waals surface area contributed by atoms with Crippen LogP contribution in [-0.4, -0.2) is 20.1 Å². The zero-order valence-electron chi connectivity index (χ0n) is 21.1. The molecule has 0 saturated carbocycles. The number of nitrogens with zero attached hydrogens (tertiary/aromatic N) is 1. The lowest BCUT2D eigenvalue weighted by Crippen LogP contribution is -2.55. The molecule has 4 heteroatoms. The molecule has 1 aliphatic heterocycles. The summed E-state index contributed by atoms with van der Waals surface area (Å²) in [4.78, 5) is 15.0. The van der Waals surface area contributed by atoms with E-state index in [2.05, 4.69) is 0 Å². The molecule has 1 aliphatic rings. The normalized spacial score (nSPS) is 21.0. The lowest BCUT2D eigenvalue weighted by atomic mass is 9.78. The van der Waals surface area contributed by atoms with E-state index in [1.54, 1.807) is 19.1 Å². The number of benzene rings is 3. The minimum atomic E-state index is -0.673. The largest absolute Gasteiger partial charge is 0.497 e. The van der Waals surface area contributed by atoms with Crippen LogP contribution >= 0.6 is 0 Å². The minimum Gasteiger partial charge on any atom is -0.497 e. The van der Waals surface area contributed by atoms with Crippen LogP contribution in [0.15, 0.2) is 78.8 Å². The Balaban J connectivity index is 1.56. The zero-order valence-corrected chi connectivity index (χ0v) is 17.1. The third-order valence-corrected chi connectivity index (χ3v) is 5.50. The predicted molar refractivity (Wildman–Crippen MR) is 119 cm³/mol. The van der Waals surface area contributed by atoms with Gasteiger partial charge in [0.05, 0.1) is 30.3 Å². The van der Waals surface area contributed by atoms with Gasteiger partial charge in [-0.2, -0.15) is 0 Å². The van der Waals surface area contributed by atoms with E-state index in [4.69, 9.17) is 15.0 Å². The molecule has 1 heterocycles. The van der Waals surface area contributed by atoms with E-state index in [-0.39, 0.29) is 36.0 Å². The van der Waals surface area contributed by atoms with E-state index in [0.717, 1.165) is 17.0 Å². The van der Waals surface area contributed by atoms with Crippen LogP contribution in [0.1, 0.15) is 35.5 Å². The number of amides is 1. The lowest BCUT2D eigenvalue weighted by Gasteiger charge is -2.47. The van der Waals surface area contributed by atoms with Gasteiger partial charge in [-0.1, -0.05) is 42.4 Å². The highest BCUT2D eigenvalue weighted by atomic mass is 16.5. The van der Waals surface area contributed by atoms with Crippen LogP contribution in [0.5, 0.6) is 11.5 Å². The summed E-state index contributed by atoms with van der Waals surface area (Å²) in [6.45, 7) is 0. The summed E-state index contributed by atoms with van der Waals surface area (Å²) in [5, 5.41) is 0. The standard InChI is InChI=1S/C26H27NO3/c1-29-22-15-11-20(12-16-22)25-24(10-6-9-19-7-4-3-5-8-19)26(28)27(25)21-13-17-23(30-2)18-14-21/h3-5,7-8,11-18,24-25H,6,9-10H2,1-2H3/t24-,25-/m0/s1/i3T,4T,5T,9T/t9?,24-,25-. The summed E-state index contributed by atoms with van der Waals surface area (Å²) in [5.74, 6) is 1.17. The van der Waals surface area contributed by atoms with Crippen molar-refractivity contribution < 1.29 is 19.8 Å². The lowest BCUT2D eigenvalue weighted by molar-refractivity contribution is -0.130. The third kappa shape index (κ3) is 4.04. The summed E-state index contributed by atoms with van der Waals surface area (Å²) in [6, 6.07) is 17.6. The molecule has 0 spiro atoms. The molecule has 1 amide bonds. The van der Waals surface area contributed by atoms with Crippen LogP contribution in [0, 0.1) is 5.92 Å². The Bertz CT molecular complexity index is 1140. The van der Waals surface area contributed by atoms with Crippen LogP contribution in [0.2, 0.25) is 0 Å². The summed E-state index contributed by atoms with van der Waals surface area (Å²) < 4.78 is 42.4. The van der Waals surface area contributed by atoms with Crippen LogP contribution in [-0.2, 0) is 11.2 Å². The molecule has 4 nitrogen and oxygen atoms in total. The number of carbonyl (C=O) groups is 1. The highest BCUT2D eigenvalue weighted by Gasteiger charge is 2.48. The fraction of sp³-hybridized carbons (Fsp3) is 0.269. The Labute approximate surface area is 183 Å². The van der Waals surface area contributed by atoms with Crippen LogP contribution < -0.4 is 14.4 Å². The fourth-order valence-corrected chi connectivity index (χ4v) is 3.91. The van der Waals surface area contributed by atoms with Crippen LogP contribution in [0.3, 0.4) is 0 Å². The molecule has 0 aromatic heterocycles. The van der Waals surface area contributed by atoms with Crippen molar-refractivity contribution in [2.75, 3.05) is 19.1 Å². The molecule has 3 atom stereocenters. The molecule has 1 fully saturated rings. The first-order valence-electron chi connectivity index (χ1n) is 12.0. The SMILES string of the molecule is [3H]c1cc(C([3H])CC[C@@H]2C(=O)N(c3ccc(OC)cc3)[C@H]2c2ccc(OC)cc2)cc([3H])c1[3H]. The zero-order chi connectivity index (χ0) is 24.4. The van der Waals surface area contributed by atoms with Crippen LogP contribution in [0.25, 0.3) is 0 Å². The van der Waals surface area contributed by atoms with Gasteiger partial charge in [-0.25, -0.2) is 0 Å². The Morgan fingerprint density at radius 2 is 1.50 bits per heavy atom. The van der Waals surface area contributed by atoms with Crippen molar-refractivity contribution in [3.8, 4) is 11.5 Å². The summed E-state index contributed by atoms with van der Waals surface area (Å²) in [6.07, 6.45) is 0.239. The quantitative estimate of drug-likeness (QED) is 0.466. The number of methoxy groups -OCH3 is 2. The monoisotopic (exact) mass is 409 g/mol. The van der Waals surface area contributed by atoms with Crippen molar-refractivity contribution in [2.24, 2.45) is 5.92 Å². The Hall–Kier alpha value is -3.27. The molecular formula is C26H27NO3. The average Bonchev–Trinajstić information content (AvgIpc) is 2.85. The number of β-lactam (4-membered cyclic amide) rings is 1. The number of rotatable bonds is 8. The number of anilines is 1.